The molecule has 0 aromatic carbocycles. The highest BCUT2D eigenvalue weighted by molar-refractivity contribution is 5.58. The molecule has 18 heavy (non-hydrogen) atoms. The molecule has 0 bridgehead atoms. The zero-order chi connectivity index (χ0) is 12.8. The van der Waals surface area contributed by atoms with Gasteiger partial charge in [0.25, 0.3) is 0 Å². The lowest BCUT2D eigenvalue weighted by Crippen LogP contribution is -2.04. The van der Waals surface area contributed by atoms with Crippen LogP contribution in [0.4, 0.5) is 5.82 Å². The Kier molecular flexibility index (Phi) is 4.20. The summed E-state index contributed by atoms with van der Waals surface area (Å²) in [6.45, 7) is 3.00. The monoisotopic (exact) mass is 244 g/mol. The Morgan fingerprint density at radius 3 is 2.78 bits per heavy atom. The van der Waals surface area contributed by atoms with Gasteiger partial charge in [-0.3, -0.25) is 4.98 Å². The summed E-state index contributed by atoms with van der Waals surface area (Å²) in [6, 6.07) is 7.61. The van der Waals surface area contributed by atoms with Crippen molar-refractivity contribution in [2.45, 2.75) is 13.5 Å². The third kappa shape index (κ3) is 3.01. The molecule has 0 unspecified atom stereocenters. The highest BCUT2D eigenvalue weighted by Crippen LogP contribution is 2.17. The van der Waals surface area contributed by atoms with Crippen molar-refractivity contribution in [3.05, 3.63) is 36.3 Å². The minimum absolute atomic E-state index is 0.409. The maximum absolute atomic E-state index is 5.34. The first kappa shape index (κ1) is 12.4. The van der Waals surface area contributed by atoms with Crippen LogP contribution in [0.1, 0.15) is 12.7 Å². The van der Waals surface area contributed by atoms with Crippen LogP contribution < -0.4 is 5.32 Å². The molecule has 0 amide bonds. The van der Waals surface area contributed by atoms with Gasteiger partial charge in [-0.1, -0.05) is 6.07 Å². The molecule has 2 aromatic rings. The van der Waals surface area contributed by atoms with E-state index in [0.29, 0.717) is 19.0 Å². The quantitative estimate of drug-likeness (QED) is 0.873. The normalized spacial score (nSPS) is 10.3. The van der Waals surface area contributed by atoms with Crippen LogP contribution in [0.2, 0.25) is 0 Å². The minimum Gasteiger partial charge on any atom is -0.374 e. The number of anilines is 1. The highest BCUT2D eigenvalue weighted by atomic mass is 16.5. The van der Waals surface area contributed by atoms with Gasteiger partial charge in [-0.2, -0.15) is 0 Å². The Labute approximate surface area is 106 Å². The lowest BCUT2D eigenvalue weighted by molar-refractivity contribution is 0.128. The van der Waals surface area contributed by atoms with Gasteiger partial charge in [0.1, 0.15) is 12.4 Å². The van der Waals surface area contributed by atoms with Gasteiger partial charge in [0.15, 0.2) is 5.82 Å². The van der Waals surface area contributed by atoms with Crippen molar-refractivity contribution >= 4 is 5.82 Å². The molecule has 1 N–H and O–H groups in total. The number of hydrogen-bond acceptors (Lipinski definition) is 5. The van der Waals surface area contributed by atoms with E-state index in [1.54, 1.807) is 6.20 Å². The van der Waals surface area contributed by atoms with E-state index in [1.165, 1.54) is 0 Å². The Balaban J connectivity index is 2.35. The molecule has 0 aliphatic carbocycles. The average molecular weight is 244 g/mol. The van der Waals surface area contributed by atoms with Gasteiger partial charge in [0.05, 0.1) is 11.4 Å². The maximum Gasteiger partial charge on any atom is 0.157 e. The minimum atomic E-state index is 0.409. The molecule has 2 aromatic heterocycles. The van der Waals surface area contributed by atoms with E-state index in [4.69, 9.17) is 4.74 Å². The van der Waals surface area contributed by atoms with Crippen LogP contribution in [0.25, 0.3) is 11.4 Å². The summed E-state index contributed by atoms with van der Waals surface area (Å²) in [4.78, 5) is 13.1. The van der Waals surface area contributed by atoms with Crippen molar-refractivity contribution in [1.82, 2.24) is 15.0 Å². The molecule has 0 atom stereocenters. The van der Waals surface area contributed by atoms with Crippen molar-refractivity contribution in [3.8, 4) is 11.4 Å². The summed E-state index contributed by atoms with van der Waals surface area (Å²) in [5.41, 5.74) is 1.62. The molecule has 0 fully saturated rings. The SMILES string of the molecule is CCOCc1nc(NC)cc(-c2ccccn2)n1. The average Bonchev–Trinajstić information content (AvgIpc) is 2.45. The molecule has 0 saturated heterocycles. The maximum atomic E-state index is 5.34. The fourth-order valence-electron chi connectivity index (χ4n) is 1.53. The number of ether oxygens (including phenoxy) is 1. The Hall–Kier alpha value is -2.01. The van der Waals surface area contributed by atoms with E-state index in [2.05, 4.69) is 20.3 Å². The molecular formula is C13H16N4O. The molecule has 2 heterocycles. The third-order valence-corrected chi connectivity index (χ3v) is 2.39. The van der Waals surface area contributed by atoms with Crippen molar-refractivity contribution < 1.29 is 4.74 Å². The van der Waals surface area contributed by atoms with Gasteiger partial charge < -0.3 is 10.1 Å². The molecule has 0 saturated carbocycles. The van der Waals surface area contributed by atoms with Crippen LogP contribution in [0, 0.1) is 0 Å². The van der Waals surface area contributed by atoms with E-state index in [0.717, 1.165) is 17.2 Å². The van der Waals surface area contributed by atoms with E-state index in [1.807, 2.05) is 38.2 Å². The molecule has 94 valence electrons. The second-order valence-electron chi connectivity index (χ2n) is 3.66. The van der Waals surface area contributed by atoms with Crippen LogP contribution in [0.15, 0.2) is 30.5 Å². The first-order valence-electron chi connectivity index (χ1n) is 5.88. The van der Waals surface area contributed by atoms with Gasteiger partial charge in [0.2, 0.25) is 0 Å². The molecule has 0 aliphatic rings. The largest absolute Gasteiger partial charge is 0.374 e. The summed E-state index contributed by atoms with van der Waals surface area (Å²) >= 11 is 0. The third-order valence-electron chi connectivity index (χ3n) is 2.39. The number of rotatable bonds is 5. The van der Waals surface area contributed by atoms with Gasteiger partial charge >= 0.3 is 0 Å². The molecule has 0 aliphatic heterocycles. The summed E-state index contributed by atoms with van der Waals surface area (Å²) in [7, 11) is 1.83. The van der Waals surface area contributed by atoms with Crippen molar-refractivity contribution in [2.24, 2.45) is 0 Å². The van der Waals surface area contributed by atoms with Gasteiger partial charge in [-0.25, -0.2) is 9.97 Å². The Morgan fingerprint density at radius 1 is 1.22 bits per heavy atom. The molecule has 0 radical (unpaired) electrons. The van der Waals surface area contributed by atoms with Crippen molar-refractivity contribution in [3.63, 3.8) is 0 Å². The lowest BCUT2D eigenvalue weighted by atomic mass is 10.2. The summed E-state index contributed by atoms with van der Waals surface area (Å²) < 4.78 is 5.34. The van der Waals surface area contributed by atoms with Gasteiger partial charge in [-0.15, -0.1) is 0 Å². The zero-order valence-electron chi connectivity index (χ0n) is 10.6. The van der Waals surface area contributed by atoms with Crippen LogP contribution in [-0.2, 0) is 11.3 Å². The first-order valence-corrected chi connectivity index (χ1v) is 5.88. The summed E-state index contributed by atoms with van der Waals surface area (Å²) in [5, 5.41) is 3.02. The molecule has 2 rings (SSSR count). The topological polar surface area (TPSA) is 59.9 Å². The Bertz CT molecular complexity index is 502. The van der Waals surface area contributed by atoms with Crippen molar-refractivity contribution in [2.75, 3.05) is 19.0 Å². The second-order valence-corrected chi connectivity index (χ2v) is 3.66. The predicted molar refractivity (Wildman–Crippen MR) is 70.1 cm³/mol. The smallest absolute Gasteiger partial charge is 0.157 e. The fourth-order valence-corrected chi connectivity index (χ4v) is 1.53. The number of aromatic nitrogens is 3. The number of pyridine rings is 1. The highest BCUT2D eigenvalue weighted by Gasteiger charge is 2.06. The van der Waals surface area contributed by atoms with Crippen LogP contribution >= 0.6 is 0 Å². The standard InChI is InChI=1S/C13H16N4O/c1-3-18-9-13-16-11(8-12(14-2)17-13)10-6-4-5-7-15-10/h4-8H,3,9H2,1-2H3,(H,14,16,17). The van der Waals surface area contributed by atoms with Gasteiger partial charge in [0, 0.05) is 25.9 Å². The van der Waals surface area contributed by atoms with E-state index < -0.39 is 0 Å². The van der Waals surface area contributed by atoms with E-state index in [9.17, 15) is 0 Å². The molecule has 5 nitrogen and oxygen atoms in total. The lowest BCUT2D eigenvalue weighted by Gasteiger charge is -2.07. The molecule has 0 spiro atoms. The number of nitrogens with zero attached hydrogens (tertiary/aromatic N) is 3. The summed E-state index contributed by atoms with van der Waals surface area (Å²) in [6.07, 6.45) is 1.75. The number of nitrogens with one attached hydrogen (secondary N) is 1. The van der Waals surface area contributed by atoms with Crippen LogP contribution in [0.3, 0.4) is 0 Å². The van der Waals surface area contributed by atoms with Crippen LogP contribution in [-0.4, -0.2) is 28.6 Å². The fraction of sp³-hybridized carbons (Fsp3) is 0.308. The summed E-state index contributed by atoms with van der Waals surface area (Å²) in [5.74, 6) is 1.42. The van der Waals surface area contributed by atoms with Crippen LogP contribution in [0.5, 0.6) is 0 Å². The second kappa shape index (κ2) is 6.07. The van der Waals surface area contributed by atoms with E-state index >= 15 is 0 Å². The Morgan fingerprint density at radius 2 is 2.11 bits per heavy atom. The van der Waals surface area contributed by atoms with E-state index in [-0.39, 0.29) is 0 Å². The molecule has 5 heteroatoms. The zero-order valence-corrected chi connectivity index (χ0v) is 10.6. The van der Waals surface area contributed by atoms with Gasteiger partial charge in [-0.05, 0) is 19.1 Å². The van der Waals surface area contributed by atoms with Crippen molar-refractivity contribution in [1.29, 1.82) is 0 Å². The first-order chi connectivity index (χ1) is 8.83. The molecular weight excluding hydrogens is 228 g/mol. The predicted octanol–water partition coefficient (Wildman–Crippen LogP) is 2.12. The number of hydrogen-bond donors (Lipinski definition) is 1.